The molecule has 82 valence electrons. The van der Waals surface area contributed by atoms with E-state index >= 15 is 0 Å². The maximum absolute atomic E-state index is 11.2. The molecule has 1 aromatic rings. The molecule has 0 aliphatic carbocycles. The van der Waals surface area contributed by atoms with Gasteiger partial charge < -0.3 is 10.6 Å². The molecule has 0 aliphatic heterocycles. The molecule has 0 aliphatic rings. The zero-order chi connectivity index (χ0) is 11.3. The van der Waals surface area contributed by atoms with Crippen LogP contribution in [0.25, 0.3) is 0 Å². The summed E-state index contributed by atoms with van der Waals surface area (Å²) in [5.41, 5.74) is 1.15. The molecule has 0 fully saturated rings. The summed E-state index contributed by atoms with van der Waals surface area (Å²) < 4.78 is 1.05. The van der Waals surface area contributed by atoms with E-state index in [0.29, 0.717) is 6.54 Å². The summed E-state index contributed by atoms with van der Waals surface area (Å²) in [6.45, 7) is 2.53. The van der Waals surface area contributed by atoms with Crippen molar-refractivity contribution in [2.75, 3.05) is 7.05 Å². The fraction of sp³-hybridized carbons (Fsp3) is 0.364. The lowest BCUT2D eigenvalue weighted by atomic mass is 10.2. The first kappa shape index (κ1) is 12.2. The van der Waals surface area contributed by atoms with Crippen LogP contribution in [-0.4, -0.2) is 19.0 Å². The van der Waals surface area contributed by atoms with E-state index < -0.39 is 0 Å². The summed E-state index contributed by atoms with van der Waals surface area (Å²) in [6.07, 6.45) is 0. The molecule has 0 spiro atoms. The van der Waals surface area contributed by atoms with E-state index in [1.807, 2.05) is 31.2 Å². The van der Waals surface area contributed by atoms with Crippen molar-refractivity contribution in [3.05, 3.63) is 34.3 Å². The lowest BCUT2D eigenvalue weighted by Crippen LogP contribution is -2.40. The molecule has 2 N–H and O–H groups in total. The Morgan fingerprint density at radius 1 is 1.53 bits per heavy atom. The molecule has 1 rings (SSSR count). The number of halogens is 1. The van der Waals surface area contributed by atoms with Gasteiger partial charge in [0.05, 0.1) is 6.04 Å². The van der Waals surface area contributed by atoms with Crippen molar-refractivity contribution in [2.45, 2.75) is 19.5 Å². The monoisotopic (exact) mass is 270 g/mol. The van der Waals surface area contributed by atoms with Crippen molar-refractivity contribution in [1.29, 1.82) is 0 Å². The molecular weight excluding hydrogens is 256 g/mol. The number of nitrogens with one attached hydrogen (secondary N) is 2. The fourth-order valence-electron chi connectivity index (χ4n) is 1.23. The van der Waals surface area contributed by atoms with Gasteiger partial charge in [-0.3, -0.25) is 4.79 Å². The zero-order valence-corrected chi connectivity index (χ0v) is 10.5. The van der Waals surface area contributed by atoms with Crippen molar-refractivity contribution in [2.24, 2.45) is 0 Å². The molecule has 3 nitrogen and oxygen atoms in total. The first-order valence-corrected chi connectivity index (χ1v) is 5.62. The quantitative estimate of drug-likeness (QED) is 0.874. The molecule has 4 heteroatoms. The number of amides is 1. The van der Waals surface area contributed by atoms with E-state index in [1.165, 1.54) is 0 Å². The van der Waals surface area contributed by atoms with Gasteiger partial charge in [-0.2, -0.15) is 0 Å². The summed E-state index contributed by atoms with van der Waals surface area (Å²) in [6, 6.07) is 7.84. The average molecular weight is 271 g/mol. The Balaban J connectivity index is 2.47. The summed E-state index contributed by atoms with van der Waals surface area (Å²) in [5.74, 6) is 0.00463. The minimum atomic E-state index is -0.172. The molecule has 1 atom stereocenters. The summed E-state index contributed by atoms with van der Waals surface area (Å²) in [7, 11) is 1.64. The van der Waals surface area contributed by atoms with Crippen molar-refractivity contribution >= 4 is 21.8 Å². The zero-order valence-electron chi connectivity index (χ0n) is 8.88. The van der Waals surface area contributed by atoms with E-state index in [2.05, 4.69) is 26.6 Å². The highest BCUT2D eigenvalue weighted by molar-refractivity contribution is 9.10. The molecule has 0 saturated heterocycles. The van der Waals surface area contributed by atoms with Crippen molar-refractivity contribution in [3.63, 3.8) is 0 Å². The van der Waals surface area contributed by atoms with Gasteiger partial charge in [0, 0.05) is 18.1 Å². The van der Waals surface area contributed by atoms with Gasteiger partial charge in [-0.1, -0.05) is 28.1 Å². The van der Waals surface area contributed by atoms with Crippen LogP contribution >= 0.6 is 15.9 Å². The van der Waals surface area contributed by atoms with Crippen molar-refractivity contribution < 1.29 is 4.79 Å². The molecule has 0 aromatic heterocycles. The van der Waals surface area contributed by atoms with Crippen LogP contribution in [0.15, 0.2) is 28.7 Å². The second kappa shape index (κ2) is 5.88. The summed E-state index contributed by atoms with van der Waals surface area (Å²) in [4.78, 5) is 11.2. The summed E-state index contributed by atoms with van der Waals surface area (Å²) >= 11 is 3.40. The second-order valence-electron chi connectivity index (χ2n) is 3.35. The second-order valence-corrected chi connectivity index (χ2v) is 4.26. The van der Waals surface area contributed by atoms with Gasteiger partial charge in [-0.25, -0.2) is 0 Å². The van der Waals surface area contributed by atoms with Gasteiger partial charge in [-0.15, -0.1) is 0 Å². The third-order valence-corrected chi connectivity index (χ3v) is 2.63. The smallest absolute Gasteiger partial charge is 0.236 e. The minimum absolute atomic E-state index is 0.00463. The Morgan fingerprint density at radius 3 is 2.87 bits per heavy atom. The molecule has 1 amide bonds. The lowest BCUT2D eigenvalue weighted by Gasteiger charge is -2.12. The van der Waals surface area contributed by atoms with Gasteiger partial charge in [0.15, 0.2) is 0 Å². The number of hydrogen-bond acceptors (Lipinski definition) is 2. The highest BCUT2D eigenvalue weighted by Crippen LogP contribution is 2.11. The normalized spacial score (nSPS) is 12.2. The predicted molar refractivity (Wildman–Crippen MR) is 64.5 cm³/mol. The standard InChI is InChI=1S/C11H15BrN2O/c1-8(11(15)13-2)14-7-9-4-3-5-10(12)6-9/h3-6,8,14H,7H2,1-2H3,(H,13,15). The van der Waals surface area contributed by atoms with Gasteiger partial charge in [0.1, 0.15) is 0 Å². The van der Waals surface area contributed by atoms with Gasteiger partial charge in [-0.05, 0) is 24.6 Å². The van der Waals surface area contributed by atoms with E-state index in [4.69, 9.17) is 0 Å². The molecule has 0 radical (unpaired) electrons. The van der Waals surface area contributed by atoms with E-state index in [1.54, 1.807) is 7.05 Å². The molecule has 0 bridgehead atoms. The number of carbonyl (C=O) groups excluding carboxylic acids is 1. The van der Waals surface area contributed by atoms with Crippen LogP contribution in [-0.2, 0) is 11.3 Å². The Morgan fingerprint density at radius 2 is 2.27 bits per heavy atom. The molecular formula is C11H15BrN2O. The third kappa shape index (κ3) is 4.01. The number of carbonyl (C=O) groups is 1. The van der Waals surface area contributed by atoms with E-state index in [-0.39, 0.29) is 11.9 Å². The van der Waals surface area contributed by atoms with E-state index in [0.717, 1.165) is 10.0 Å². The molecule has 1 unspecified atom stereocenters. The van der Waals surface area contributed by atoms with Crippen LogP contribution in [0.5, 0.6) is 0 Å². The van der Waals surface area contributed by atoms with Crippen LogP contribution in [0.1, 0.15) is 12.5 Å². The largest absolute Gasteiger partial charge is 0.358 e. The highest BCUT2D eigenvalue weighted by atomic mass is 79.9. The molecule has 1 aromatic carbocycles. The number of benzene rings is 1. The number of rotatable bonds is 4. The van der Waals surface area contributed by atoms with Crippen molar-refractivity contribution in [3.8, 4) is 0 Å². The first-order valence-electron chi connectivity index (χ1n) is 4.83. The van der Waals surface area contributed by atoms with Crippen LogP contribution in [0.3, 0.4) is 0 Å². The van der Waals surface area contributed by atoms with Crippen LogP contribution < -0.4 is 10.6 Å². The Hall–Kier alpha value is -0.870. The maximum Gasteiger partial charge on any atom is 0.236 e. The SMILES string of the molecule is CNC(=O)C(C)NCc1cccc(Br)c1. The number of hydrogen-bond donors (Lipinski definition) is 2. The Bertz CT molecular complexity index is 341. The van der Waals surface area contributed by atoms with Gasteiger partial charge >= 0.3 is 0 Å². The van der Waals surface area contributed by atoms with Crippen molar-refractivity contribution in [1.82, 2.24) is 10.6 Å². The highest BCUT2D eigenvalue weighted by Gasteiger charge is 2.09. The molecule has 15 heavy (non-hydrogen) atoms. The fourth-order valence-corrected chi connectivity index (χ4v) is 1.67. The topological polar surface area (TPSA) is 41.1 Å². The maximum atomic E-state index is 11.2. The van der Waals surface area contributed by atoms with Gasteiger partial charge in [0.25, 0.3) is 0 Å². The van der Waals surface area contributed by atoms with Gasteiger partial charge in [0.2, 0.25) is 5.91 Å². The van der Waals surface area contributed by atoms with E-state index in [9.17, 15) is 4.79 Å². The Kier molecular flexibility index (Phi) is 4.78. The average Bonchev–Trinajstić information content (AvgIpc) is 2.25. The minimum Gasteiger partial charge on any atom is -0.358 e. The number of likely N-dealkylation sites (N-methyl/N-ethyl adjacent to an activating group) is 1. The Labute approximate surface area is 98.4 Å². The third-order valence-electron chi connectivity index (χ3n) is 2.14. The molecule has 0 saturated carbocycles. The first-order chi connectivity index (χ1) is 7.13. The van der Waals surface area contributed by atoms with Crippen LogP contribution in [0.2, 0.25) is 0 Å². The predicted octanol–water partition coefficient (Wildman–Crippen LogP) is 1.67. The lowest BCUT2D eigenvalue weighted by molar-refractivity contribution is -0.122. The van der Waals surface area contributed by atoms with Crippen LogP contribution in [0.4, 0.5) is 0 Å². The molecule has 0 heterocycles. The van der Waals surface area contributed by atoms with Crippen LogP contribution in [0, 0.1) is 0 Å². The summed E-state index contributed by atoms with van der Waals surface area (Å²) in [5, 5.41) is 5.75.